The number of halogens is 4. The number of carbonyl (C=O) groups is 1. The lowest BCUT2D eigenvalue weighted by molar-refractivity contribution is -0.220. The summed E-state index contributed by atoms with van der Waals surface area (Å²) in [5.74, 6) is -6.00. The number of hydrogen-bond acceptors (Lipinski definition) is 8. The molecule has 5 unspecified atom stereocenters. The quantitative estimate of drug-likeness (QED) is 0.336. The van der Waals surface area contributed by atoms with E-state index >= 15 is 0 Å². The average molecular weight is 562 g/mol. The van der Waals surface area contributed by atoms with E-state index in [2.05, 4.69) is 0 Å². The minimum Gasteiger partial charge on any atom is -0.459 e. The molecule has 1 N–H and O–H groups in total. The highest BCUT2D eigenvalue weighted by Crippen LogP contribution is 2.56. The number of sulfonamides is 1. The van der Waals surface area contributed by atoms with E-state index in [1.165, 1.54) is 0 Å². The van der Waals surface area contributed by atoms with Crippen LogP contribution in [-0.2, 0) is 38.8 Å². The highest BCUT2D eigenvalue weighted by Gasteiger charge is 2.68. The van der Waals surface area contributed by atoms with E-state index in [9.17, 15) is 39.2 Å². The van der Waals surface area contributed by atoms with Crippen LogP contribution in [0.1, 0.15) is 44.9 Å². The molecule has 1 aliphatic heterocycles. The molecule has 7 aliphatic rings. The molecule has 7 fully saturated rings. The fraction of sp³-hybridized carbons (Fsp3) is 0.952. The molecule has 0 radical (unpaired) electrons. The minimum absolute atomic E-state index is 0.0276. The Morgan fingerprint density at radius 1 is 0.861 bits per heavy atom. The Kier molecular flexibility index (Phi) is 5.61. The summed E-state index contributed by atoms with van der Waals surface area (Å²) in [4.78, 5) is 11.8. The zero-order valence-corrected chi connectivity index (χ0v) is 20.7. The Balaban J connectivity index is 1.11. The van der Waals surface area contributed by atoms with Gasteiger partial charge in [0, 0.05) is 5.92 Å². The van der Waals surface area contributed by atoms with Gasteiger partial charge >= 0.3 is 27.5 Å². The van der Waals surface area contributed by atoms with Gasteiger partial charge in [-0.15, -0.1) is 0 Å². The maximum atomic E-state index is 14.6. The molecule has 0 amide bonds. The van der Waals surface area contributed by atoms with Gasteiger partial charge in [-0.2, -0.15) is 26.0 Å². The third kappa shape index (κ3) is 3.82. The first-order valence-corrected chi connectivity index (χ1v) is 15.1. The van der Waals surface area contributed by atoms with E-state index in [0.717, 1.165) is 32.1 Å². The maximum Gasteiger partial charge on any atom is 0.424 e. The number of alkyl halides is 4. The van der Waals surface area contributed by atoms with Gasteiger partial charge in [-0.1, -0.05) is 4.13 Å². The topological polar surface area (TPSA) is 125 Å². The van der Waals surface area contributed by atoms with Crippen LogP contribution in [0.25, 0.3) is 0 Å². The van der Waals surface area contributed by atoms with E-state index in [1.807, 2.05) is 0 Å². The van der Waals surface area contributed by atoms with Crippen molar-refractivity contribution in [3.8, 4) is 0 Å². The van der Waals surface area contributed by atoms with Crippen molar-refractivity contribution in [2.75, 3.05) is 6.61 Å². The summed E-state index contributed by atoms with van der Waals surface area (Å²) in [5, 5.41) is -5.80. The van der Waals surface area contributed by atoms with Crippen molar-refractivity contribution in [2.45, 2.75) is 74.4 Å². The van der Waals surface area contributed by atoms with Crippen LogP contribution in [0.15, 0.2) is 0 Å². The lowest BCUT2D eigenvalue weighted by Gasteiger charge is -2.54. The minimum atomic E-state index is -6.46. The Bertz CT molecular complexity index is 1130. The number of fused-ring (bicyclic) bond motifs is 1. The molecule has 7 rings (SSSR count). The van der Waals surface area contributed by atoms with Crippen LogP contribution < -0.4 is 4.13 Å². The van der Waals surface area contributed by atoms with Gasteiger partial charge in [-0.05, 0) is 74.5 Å². The SMILES string of the molecule is O=C1OC2C3CC(CC13)C2OS(=O)(=O)NS(=O)(=O)C(F)(F)C(F)(F)COC1C2CC3CC(C2)CC1C3. The summed E-state index contributed by atoms with van der Waals surface area (Å²) >= 11 is 0. The fourth-order valence-corrected chi connectivity index (χ4v) is 10.7. The largest absolute Gasteiger partial charge is 0.459 e. The van der Waals surface area contributed by atoms with Gasteiger partial charge in [0.25, 0.3) is 10.0 Å². The second kappa shape index (κ2) is 7.99. The molecular weight excluding hydrogens is 534 g/mol. The van der Waals surface area contributed by atoms with Crippen molar-refractivity contribution in [3.63, 3.8) is 0 Å². The number of ether oxygens (including phenoxy) is 2. The third-order valence-electron chi connectivity index (χ3n) is 9.22. The van der Waals surface area contributed by atoms with Crippen LogP contribution in [0.3, 0.4) is 0 Å². The smallest absolute Gasteiger partial charge is 0.424 e. The molecule has 1 saturated heterocycles. The second-order valence-corrected chi connectivity index (χ2v) is 14.7. The molecule has 6 saturated carbocycles. The van der Waals surface area contributed by atoms with Crippen LogP contribution in [-0.4, -0.2) is 58.9 Å². The first kappa shape index (κ1) is 25.3. The number of carbonyl (C=O) groups excluding carboxylic acids is 1. The van der Waals surface area contributed by atoms with E-state index < -0.39 is 74.2 Å². The van der Waals surface area contributed by atoms with E-state index in [1.54, 1.807) is 0 Å². The number of nitrogens with one attached hydrogen (secondary N) is 1. The van der Waals surface area contributed by atoms with Crippen molar-refractivity contribution < 1.29 is 52.8 Å². The summed E-state index contributed by atoms with van der Waals surface area (Å²) in [7, 11) is -11.9. The molecule has 36 heavy (non-hydrogen) atoms. The van der Waals surface area contributed by atoms with Crippen molar-refractivity contribution in [2.24, 2.45) is 41.4 Å². The average Bonchev–Trinajstić information content (AvgIpc) is 3.37. The van der Waals surface area contributed by atoms with Crippen molar-refractivity contribution in [1.82, 2.24) is 4.13 Å². The van der Waals surface area contributed by atoms with Crippen LogP contribution in [0.4, 0.5) is 17.6 Å². The van der Waals surface area contributed by atoms with Crippen LogP contribution in [0.5, 0.6) is 0 Å². The summed E-state index contributed by atoms with van der Waals surface area (Å²) in [6.45, 7) is -1.86. The summed E-state index contributed by atoms with van der Waals surface area (Å²) < 4.78 is 123. The highest BCUT2D eigenvalue weighted by atomic mass is 32.3. The maximum absolute atomic E-state index is 14.6. The monoisotopic (exact) mass is 561 g/mol. The standard InChI is InChI=1S/C21H27F4NO8S2/c22-20(23,8-32-16-11-2-9-1-10(4-11)5-12(16)3-9)21(24,25)35(28,29)26-36(30,31)34-17-13-6-14-15(7-13)19(27)33-18(14)17/h9-18,26H,1-8H2. The van der Waals surface area contributed by atoms with Crippen molar-refractivity contribution in [3.05, 3.63) is 0 Å². The van der Waals surface area contributed by atoms with Crippen LogP contribution >= 0.6 is 0 Å². The number of hydrogen-bond donors (Lipinski definition) is 1. The Morgan fingerprint density at radius 3 is 2.06 bits per heavy atom. The molecule has 5 atom stereocenters. The zero-order chi connectivity index (χ0) is 25.8. The van der Waals surface area contributed by atoms with Gasteiger partial charge in [0.05, 0.1) is 12.0 Å². The van der Waals surface area contributed by atoms with Crippen molar-refractivity contribution >= 4 is 26.3 Å². The van der Waals surface area contributed by atoms with Crippen molar-refractivity contribution in [1.29, 1.82) is 0 Å². The molecule has 15 heteroatoms. The van der Waals surface area contributed by atoms with Gasteiger partial charge in [0.1, 0.15) is 18.8 Å². The predicted molar refractivity (Wildman–Crippen MR) is 112 cm³/mol. The molecule has 1 heterocycles. The van der Waals surface area contributed by atoms with Gasteiger partial charge < -0.3 is 9.47 Å². The Morgan fingerprint density at radius 2 is 1.44 bits per heavy atom. The normalized spacial score (nSPS) is 43.4. The lowest BCUT2D eigenvalue weighted by atomic mass is 9.55. The zero-order valence-electron chi connectivity index (χ0n) is 19.0. The molecule has 0 spiro atoms. The van der Waals surface area contributed by atoms with Gasteiger partial charge in [0.2, 0.25) is 0 Å². The lowest BCUT2D eigenvalue weighted by Crippen LogP contribution is -2.57. The van der Waals surface area contributed by atoms with Gasteiger partial charge in [-0.3, -0.25) is 4.79 Å². The Labute approximate surface area is 205 Å². The molecule has 6 aliphatic carbocycles. The first-order valence-electron chi connectivity index (χ1n) is 12.2. The summed E-state index contributed by atoms with van der Waals surface area (Å²) in [5.41, 5.74) is 0. The number of esters is 1. The van der Waals surface area contributed by atoms with E-state index in [4.69, 9.17) is 13.7 Å². The van der Waals surface area contributed by atoms with E-state index in [-0.39, 0.29) is 24.2 Å². The predicted octanol–water partition coefficient (Wildman–Crippen LogP) is 2.19. The van der Waals surface area contributed by atoms with Crippen LogP contribution in [0, 0.1) is 41.4 Å². The van der Waals surface area contributed by atoms with Gasteiger partial charge in [0.15, 0.2) is 0 Å². The molecule has 0 aromatic carbocycles. The molecule has 6 bridgehead atoms. The van der Waals surface area contributed by atoms with E-state index in [0.29, 0.717) is 22.4 Å². The Hall–Kier alpha value is -1.03. The molecular formula is C21H27F4NO8S2. The number of rotatable bonds is 9. The van der Waals surface area contributed by atoms with Crippen LogP contribution in [0.2, 0.25) is 0 Å². The highest BCUT2D eigenvalue weighted by molar-refractivity contribution is 8.03. The fourth-order valence-electron chi connectivity index (χ4n) is 8.02. The first-order chi connectivity index (χ1) is 16.7. The third-order valence-corrected chi connectivity index (χ3v) is 12.4. The molecule has 0 aromatic rings. The van der Waals surface area contributed by atoms with Gasteiger partial charge in [-0.25, -0.2) is 12.6 Å². The second-order valence-electron chi connectivity index (χ2n) is 11.4. The molecule has 0 aromatic heterocycles. The molecule has 204 valence electrons. The molecule has 9 nitrogen and oxygen atoms in total. The summed E-state index contributed by atoms with van der Waals surface area (Å²) in [6.07, 6.45) is 1.93. The summed E-state index contributed by atoms with van der Waals surface area (Å²) in [6, 6.07) is 0.